The molecule has 2 heterocycles. The topological polar surface area (TPSA) is 169 Å². The van der Waals surface area contributed by atoms with Gasteiger partial charge in [-0.25, -0.2) is 14.8 Å². The van der Waals surface area contributed by atoms with Gasteiger partial charge in [-0.2, -0.15) is 0 Å². The van der Waals surface area contributed by atoms with E-state index in [1.807, 2.05) is 86.3 Å². The molecule has 6 rings (SSSR count). The molecule has 0 bridgehead atoms. The summed E-state index contributed by atoms with van der Waals surface area (Å²) in [4.78, 5) is 67.5. The van der Waals surface area contributed by atoms with Crippen molar-refractivity contribution in [2.45, 2.75) is 89.9 Å². The minimum atomic E-state index is -1.01. The molecule has 15 nitrogen and oxygen atoms in total. The van der Waals surface area contributed by atoms with E-state index in [1.165, 1.54) is 16.1 Å². The number of nitrogens with one attached hydrogen (secondary N) is 3. The predicted molar refractivity (Wildman–Crippen MR) is 247 cm³/mol. The van der Waals surface area contributed by atoms with Crippen molar-refractivity contribution in [1.29, 1.82) is 0 Å². The Balaban J connectivity index is 0.984. The minimum Gasteiger partial charge on any atom is -0.481 e. The highest BCUT2D eigenvalue weighted by molar-refractivity contribution is 5.83. The van der Waals surface area contributed by atoms with Gasteiger partial charge in [0.05, 0.1) is 13.0 Å². The fourth-order valence-corrected chi connectivity index (χ4v) is 8.80. The Morgan fingerprint density at radius 3 is 2.06 bits per heavy atom. The number of piperidine rings is 1. The molecule has 4 amide bonds. The van der Waals surface area contributed by atoms with Gasteiger partial charge in [-0.3, -0.25) is 19.2 Å². The van der Waals surface area contributed by atoms with E-state index in [4.69, 9.17) is 4.74 Å². The van der Waals surface area contributed by atoms with Crippen LogP contribution in [0.3, 0.4) is 0 Å². The highest BCUT2D eigenvalue weighted by Crippen LogP contribution is 2.44. The van der Waals surface area contributed by atoms with Crippen LogP contribution in [0.25, 0.3) is 22.0 Å². The zero-order valence-electron chi connectivity index (χ0n) is 38.1. The van der Waals surface area contributed by atoms with Crippen LogP contribution in [0.4, 0.5) is 4.79 Å². The maximum Gasteiger partial charge on any atom is 0.424 e. The van der Waals surface area contributed by atoms with E-state index in [1.54, 1.807) is 11.9 Å². The summed E-state index contributed by atoms with van der Waals surface area (Å²) in [5.41, 5.74) is 6.35. The fourth-order valence-electron chi connectivity index (χ4n) is 8.80. The lowest BCUT2D eigenvalue weighted by Crippen LogP contribution is -2.50. The van der Waals surface area contributed by atoms with Crippen LogP contribution >= 0.6 is 0 Å². The molecule has 1 saturated heterocycles. The minimum absolute atomic E-state index is 0.00171. The SMILES string of the molecule is CN(Cc1cc2ccccc2n1CCC(=O)N1CCC(N(CCNCCNCCC(=O)NC(C)(C)C)C(=O)CCC(=O)O)CC1)N(C)C(=O)OCC1c2ccccc2-c2ccccc21. The number of benzene rings is 3. The van der Waals surface area contributed by atoms with Crippen LogP contribution in [0, 0.1) is 0 Å². The molecule has 2 aliphatic rings. The largest absolute Gasteiger partial charge is 0.481 e. The van der Waals surface area contributed by atoms with E-state index in [2.05, 4.69) is 50.8 Å². The number of aromatic nitrogens is 1. The number of aryl methyl sites for hydroxylation is 1. The summed E-state index contributed by atoms with van der Waals surface area (Å²) in [7, 11) is 3.55. The average Bonchev–Trinajstić information content (AvgIpc) is 3.79. The van der Waals surface area contributed by atoms with Gasteiger partial charge in [0.25, 0.3) is 0 Å². The van der Waals surface area contributed by atoms with E-state index in [9.17, 15) is 29.1 Å². The highest BCUT2D eigenvalue weighted by Gasteiger charge is 2.31. The number of amides is 4. The molecule has 4 N–H and O–H groups in total. The lowest BCUT2D eigenvalue weighted by molar-refractivity contribution is -0.142. The second-order valence-electron chi connectivity index (χ2n) is 17.9. The highest BCUT2D eigenvalue weighted by atomic mass is 16.6. The van der Waals surface area contributed by atoms with Crippen molar-refractivity contribution in [3.8, 4) is 11.1 Å². The van der Waals surface area contributed by atoms with E-state index >= 15 is 0 Å². The summed E-state index contributed by atoms with van der Waals surface area (Å²) < 4.78 is 8.09. The molecule has 1 aromatic heterocycles. The number of ether oxygens (including phenoxy) is 1. The Bertz CT molecular complexity index is 2200. The van der Waals surface area contributed by atoms with Crippen molar-refractivity contribution in [1.82, 2.24) is 40.3 Å². The van der Waals surface area contributed by atoms with Crippen molar-refractivity contribution < 1.29 is 33.8 Å². The Kier molecular flexibility index (Phi) is 16.6. The van der Waals surface area contributed by atoms with E-state index in [0.29, 0.717) is 78.2 Å². The monoisotopic (exact) mass is 879 g/mol. The van der Waals surface area contributed by atoms with Gasteiger partial charge in [-0.15, -0.1) is 0 Å². The second kappa shape index (κ2) is 22.2. The maximum atomic E-state index is 13.7. The molecule has 0 unspecified atom stereocenters. The fraction of sp³-hybridized carbons (Fsp3) is 0.490. The number of hydrazine groups is 1. The number of nitrogens with zero attached hydrogens (tertiary/aromatic N) is 5. The molecule has 4 aromatic rings. The van der Waals surface area contributed by atoms with E-state index in [0.717, 1.165) is 27.7 Å². The number of carboxylic acid groups (broad SMARTS) is 1. The first kappa shape index (κ1) is 47.7. The van der Waals surface area contributed by atoms with Crippen LogP contribution in [0.15, 0.2) is 78.9 Å². The molecule has 0 radical (unpaired) electrons. The number of likely N-dealkylation sites (tertiary alicyclic amines) is 1. The van der Waals surface area contributed by atoms with Gasteiger partial charge in [0.15, 0.2) is 0 Å². The molecule has 15 heteroatoms. The number of carboxylic acids is 1. The van der Waals surface area contributed by atoms with Crippen LogP contribution in [0.2, 0.25) is 0 Å². The van der Waals surface area contributed by atoms with Gasteiger partial charge in [0.1, 0.15) is 6.61 Å². The van der Waals surface area contributed by atoms with Crippen molar-refractivity contribution in [3.05, 3.63) is 95.7 Å². The quantitative estimate of drug-likeness (QED) is 0.0626. The molecular weight excluding hydrogens is 813 g/mol. The van der Waals surface area contributed by atoms with Crippen molar-refractivity contribution in [2.75, 3.05) is 66.5 Å². The van der Waals surface area contributed by atoms with Crippen LogP contribution in [0.1, 0.15) is 82.0 Å². The first-order chi connectivity index (χ1) is 30.7. The Hall–Kier alpha value is -5.77. The molecular formula is C49H66N8O7. The number of hydrogen-bond donors (Lipinski definition) is 4. The molecule has 0 saturated carbocycles. The lowest BCUT2D eigenvalue weighted by Gasteiger charge is -2.39. The third kappa shape index (κ3) is 12.7. The standard InChI is InChI=1S/C49H66N8O7/c1-49(2,3)52-44(58)20-24-50-25-26-51-27-31-57(46(60)18-19-47(61)62)36-21-28-55(29-22-36)45(59)23-30-56-37(32-35-12-6-11-17-43(35)56)33-53(4)54(5)48(63)64-34-42-40-15-9-7-13-38(40)39-14-8-10-16-41(39)42/h6-17,32,36,42,50-51H,18-31,33-34H2,1-5H3,(H,52,58)(H,61,62). The van der Waals surface area contributed by atoms with Crippen LogP contribution < -0.4 is 16.0 Å². The number of para-hydroxylation sites is 1. The number of fused-ring (bicyclic) bond motifs is 4. The van der Waals surface area contributed by atoms with E-state index in [-0.39, 0.29) is 61.1 Å². The Morgan fingerprint density at radius 1 is 0.781 bits per heavy atom. The van der Waals surface area contributed by atoms with Gasteiger partial charge >= 0.3 is 12.1 Å². The van der Waals surface area contributed by atoms with Crippen molar-refractivity contribution >= 4 is 40.7 Å². The van der Waals surface area contributed by atoms with Crippen LogP contribution in [0.5, 0.6) is 0 Å². The molecule has 1 aliphatic carbocycles. The van der Waals surface area contributed by atoms with Gasteiger partial charge in [-0.1, -0.05) is 66.7 Å². The molecule has 0 atom stereocenters. The Labute approximate surface area is 377 Å². The van der Waals surface area contributed by atoms with Crippen molar-refractivity contribution in [3.63, 3.8) is 0 Å². The molecule has 344 valence electrons. The molecule has 3 aromatic carbocycles. The van der Waals surface area contributed by atoms with Gasteiger partial charge in [-0.05, 0) is 73.4 Å². The summed E-state index contributed by atoms with van der Waals surface area (Å²) in [6, 6.07) is 26.6. The van der Waals surface area contributed by atoms with Gasteiger partial charge in [0.2, 0.25) is 17.7 Å². The molecule has 0 spiro atoms. The second-order valence-corrected chi connectivity index (χ2v) is 17.9. The summed E-state index contributed by atoms with van der Waals surface area (Å²) in [5, 5.41) is 23.2. The third-order valence-corrected chi connectivity index (χ3v) is 12.1. The average molecular weight is 879 g/mol. The first-order valence-corrected chi connectivity index (χ1v) is 22.6. The third-order valence-electron chi connectivity index (χ3n) is 12.1. The molecule has 1 fully saturated rings. The number of aliphatic carboxylic acids is 1. The van der Waals surface area contributed by atoms with Crippen LogP contribution in [-0.2, 0) is 37.0 Å². The number of carbonyl (C=O) groups is 5. The summed E-state index contributed by atoms with van der Waals surface area (Å²) in [6.07, 6.45) is 1.12. The summed E-state index contributed by atoms with van der Waals surface area (Å²) in [5.74, 6) is -1.22. The number of hydrogen-bond acceptors (Lipinski definition) is 9. The molecule has 1 aliphatic heterocycles. The zero-order valence-corrected chi connectivity index (χ0v) is 38.1. The van der Waals surface area contributed by atoms with E-state index < -0.39 is 12.1 Å². The van der Waals surface area contributed by atoms with Gasteiger partial charge < -0.3 is 40.2 Å². The smallest absolute Gasteiger partial charge is 0.424 e. The first-order valence-electron chi connectivity index (χ1n) is 22.6. The predicted octanol–water partition coefficient (Wildman–Crippen LogP) is 5.43. The summed E-state index contributed by atoms with van der Waals surface area (Å²) >= 11 is 0. The summed E-state index contributed by atoms with van der Waals surface area (Å²) in [6.45, 7) is 10.8. The molecule has 64 heavy (non-hydrogen) atoms. The zero-order chi connectivity index (χ0) is 45.8. The number of rotatable bonds is 21. The lowest BCUT2D eigenvalue weighted by atomic mass is 9.98. The normalized spacial score (nSPS) is 14.1. The van der Waals surface area contributed by atoms with Crippen molar-refractivity contribution in [2.24, 2.45) is 0 Å². The number of carbonyl (C=O) groups excluding carboxylic acids is 4. The van der Waals surface area contributed by atoms with Gasteiger partial charge in [0, 0.05) is 114 Å². The maximum absolute atomic E-state index is 13.7. The van der Waals surface area contributed by atoms with Crippen LogP contribution in [-0.4, -0.2) is 137 Å². The Morgan fingerprint density at radius 2 is 1.41 bits per heavy atom.